The fourth-order valence-electron chi connectivity index (χ4n) is 2.24. The van der Waals surface area contributed by atoms with Crippen molar-refractivity contribution in [2.24, 2.45) is 0 Å². The molecule has 0 aliphatic rings. The summed E-state index contributed by atoms with van der Waals surface area (Å²) >= 11 is 1.53. The van der Waals surface area contributed by atoms with E-state index in [4.69, 9.17) is 4.74 Å². The number of carbonyl (C=O) groups is 1. The first kappa shape index (κ1) is 16.4. The molecule has 2 aromatic rings. The van der Waals surface area contributed by atoms with E-state index >= 15 is 0 Å². The number of hydrogen-bond acceptors (Lipinski definition) is 6. The lowest BCUT2D eigenvalue weighted by molar-refractivity contribution is -0.145. The smallest absolute Gasteiger partial charge is 0.313 e. The molecule has 0 aromatic carbocycles. The van der Waals surface area contributed by atoms with E-state index in [0.29, 0.717) is 25.1 Å². The SMILES string of the molecule is CCOC(=O)C(CC)c1ccnn(Cc2csc(C)n2)c1=O. The Kier molecular flexibility index (Phi) is 5.43. The lowest BCUT2D eigenvalue weighted by Gasteiger charge is -2.14. The number of rotatable bonds is 6. The van der Waals surface area contributed by atoms with Gasteiger partial charge in [0.15, 0.2) is 0 Å². The van der Waals surface area contributed by atoms with Crippen molar-refractivity contribution < 1.29 is 9.53 Å². The van der Waals surface area contributed by atoms with Crippen LogP contribution in [0.15, 0.2) is 22.4 Å². The van der Waals surface area contributed by atoms with Crippen molar-refractivity contribution in [3.8, 4) is 0 Å². The van der Waals surface area contributed by atoms with Gasteiger partial charge in [0, 0.05) is 17.1 Å². The van der Waals surface area contributed by atoms with Crippen molar-refractivity contribution in [2.45, 2.75) is 39.7 Å². The second-order valence-electron chi connectivity index (χ2n) is 4.82. The van der Waals surface area contributed by atoms with Gasteiger partial charge in [-0.1, -0.05) is 6.92 Å². The van der Waals surface area contributed by atoms with Crippen LogP contribution < -0.4 is 5.56 Å². The maximum atomic E-state index is 12.6. The average molecular weight is 321 g/mol. The summed E-state index contributed by atoms with van der Waals surface area (Å²) in [5.74, 6) is -0.928. The molecule has 6 nitrogen and oxygen atoms in total. The summed E-state index contributed by atoms with van der Waals surface area (Å²) < 4.78 is 6.39. The second kappa shape index (κ2) is 7.31. The van der Waals surface area contributed by atoms with Crippen molar-refractivity contribution in [3.05, 3.63) is 44.3 Å². The molecule has 22 heavy (non-hydrogen) atoms. The van der Waals surface area contributed by atoms with Crippen LogP contribution in [0.25, 0.3) is 0 Å². The topological polar surface area (TPSA) is 74.1 Å². The van der Waals surface area contributed by atoms with Crippen molar-refractivity contribution in [2.75, 3.05) is 6.61 Å². The number of nitrogens with zero attached hydrogens (tertiary/aromatic N) is 3. The van der Waals surface area contributed by atoms with E-state index < -0.39 is 5.92 Å². The van der Waals surface area contributed by atoms with E-state index in [1.165, 1.54) is 22.2 Å². The van der Waals surface area contributed by atoms with Gasteiger partial charge in [-0.05, 0) is 26.3 Å². The first-order valence-corrected chi connectivity index (χ1v) is 8.08. The molecule has 2 aromatic heterocycles. The van der Waals surface area contributed by atoms with E-state index in [2.05, 4.69) is 10.1 Å². The number of aryl methyl sites for hydroxylation is 1. The molecule has 0 N–H and O–H groups in total. The van der Waals surface area contributed by atoms with Crippen LogP contribution >= 0.6 is 11.3 Å². The van der Waals surface area contributed by atoms with Crippen molar-refractivity contribution in [1.29, 1.82) is 0 Å². The van der Waals surface area contributed by atoms with Gasteiger partial charge in [-0.15, -0.1) is 11.3 Å². The van der Waals surface area contributed by atoms with Crippen molar-refractivity contribution in [3.63, 3.8) is 0 Å². The quantitative estimate of drug-likeness (QED) is 0.762. The van der Waals surface area contributed by atoms with Crippen molar-refractivity contribution >= 4 is 17.3 Å². The molecule has 1 unspecified atom stereocenters. The number of thiazole rings is 1. The maximum absolute atomic E-state index is 12.6. The lowest BCUT2D eigenvalue weighted by atomic mass is 9.98. The first-order chi connectivity index (χ1) is 10.6. The fourth-order valence-corrected chi connectivity index (χ4v) is 2.84. The Bertz CT molecular complexity index is 708. The van der Waals surface area contributed by atoms with Crippen LogP contribution in [0, 0.1) is 6.92 Å². The predicted octanol–water partition coefficient (Wildman–Crippen LogP) is 2.11. The molecule has 0 bridgehead atoms. The summed E-state index contributed by atoms with van der Waals surface area (Å²) in [6, 6.07) is 1.59. The normalized spacial score (nSPS) is 12.1. The molecule has 0 fully saturated rings. The zero-order valence-electron chi connectivity index (χ0n) is 12.9. The molecule has 0 amide bonds. The highest BCUT2D eigenvalue weighted by Gasteiger charge is 2.23. The van der Waals surface area contributed by atoms with E-state index in [0.717, 1.165) is 10.7 Å². The highest BCUT2D eigenvalue weighted by atomic mass is 32.1. The summed E-state index contributed by atoms with van der Waals surface area (Å²) in [5, 5.41) is 6.93. The molecule has 0 radical (unpaired) electrons. The Morgan fingerprint density at radius 3 is 2.82 bits per heavy atom. The van der Waals surface area contributed by atoms with Gasteiger partial charge >= 0.3 is 5.97 Å². The minimum Gasteiger partial charge on any atom is -0.466 e. The van der Waals surface area contributed by atoms with Gasteiger partial charge in [0.1, 0.15) is 0 Å². The van der Waals surface area contributed by atoms with Gasteiger partial charge in [0.05, 0.1) is 29.8 Å². The van der Waals surface area contributed by atoms with Gasteiger partial charge < -0.3 is 4.74 Å². The van der Waals surface area contributed by atoms with Crippen LogP contribution in [0.1, 0.15) is 42.5 Å². The molecule has 0 saturated carbocycles. The molecule has 118 valence electrons. The summed E-state index contributed by atoms with van der Waals surface area (Å²) in [5.41, 5.74) is 0.939. The molecule has 0 aliphatic heterocycles. The Morgan fingerprint density at radius 2 is 2.23 bits per heavy atom. The van der Waals surface area contributed by atoms with E-state index in [9.17, 15) is 9.59 Å². The minimum atomic E-state index is -0.557. The average Bonchev–Trinajstić information content (AvgIpc) is 2.89. The third-order valence-corrected chi connectivity index (χ3v) is 4.10. The molecule has 7 heteroatoms. The molecule has 0 aliphatic carbocycles. The van der Waals surface area contributed by atoms with Crippen molar-refractivity contribution in [1.82, 2.24) is 14.8 Å². The number of carbonyl (C=O) groups excluding carboxylic acids is 1. The molecular formula is C15H19N3O3S. The maximum Gasteiger partial charge on any atom is 0.313 e. The lowest BCUT2D eigenvalue weighted by Crippen LogP contribution is -2.30. The molecule has 2 heterocycles. The summed E-state index contributed by atoms with van der Waals surface area (Å²) in [6.07, 6.45) is 2.05. The fraction of sp³-hybridized carbons (Fsp3) is 0.467. The van der Waals surface area contributed by atoms with Gasteiger partial charge in [-0.3, -0.25) is 9.59 Å². The first-order valence-electron chi connectivity index (χ1n) is 7.20. The monoisotopic (exact) mass is 321 g/mol. The van der Waals surface area contributed by atoms with Crippen LogP contribution in [0.5, 0.6) is 0 Å². The van der Waals surface area contributed by atoms with Gasteiger partial charge in [-0.2, -0.15) is 5.10 Å². The van der Waals surface area contributed by atoms with Crippen LogP contribution in [0.2, 0.25) is 0 Å². The molecule has 0 saturated heterocycles. The summed E-state index contributed by atoms with van der Waals surface area (Å²) in [7, 11) is 0. The predicted molar refractivity (Wildman–Crippen MR) is 84.1 cm³/mol. The minimum absolute atomic E-state index is 0.270. The van der Waals surface area contributed by atoms with Gasteiger partial charge in [0.2, 0.25) is 0 Å². The van der Waals surface area contributed by atoms with E-state index in [-0.39, 0.29) is 11.5 Å². The number of esters is 1. The molecule has 1 atom stereocenters. The van der Waals surface area contributed by atoms with Crippen LogP contribution in [0.3, 0.4) is 0 Å². The summed E-state index contributed by atoms with van der Waals surface area (Å²) in [4.78, 5) is 28.9. The number of ether oxygens (including phenoxy) is 1. The van der Waals surface area contributed by atoms with Crippen LogP contribution in [0.4, 0.5) is 0 Å². The van der Waals surface area contributed by atoms with Gasteiger partial charge in [-0.25, -0.2) is 9.67 Å². The molecule has 2 rings (SSSR count). The zero-order valence-corrected chi connectivity index (χ0v) is 13.7. The summed E-state index contributed by atoms with van der Waals surface area (Å²) in [6.45, 7) is 6.12. The van der Waals surface area contributed by atoms with Crippen LogP contribution in [-0.4, -0.2) is 27.3 Å². The van der Waals surface area contributed by atoms with Crippen LogP contribution in [-0.2, 0) is 16.1 Å². The zero-order chi connectivity index (χ0) is 16.1. The van der Waals surface area contributed by atoms with Gasteiger partial charge in [0.25, 0.3) is 5.56 Å². The number of hydrogen-bond donors (Lipinski definition) is 0. The molecule has 0 spiro atoms. The second-order valence-corrected chi connectivity index (χ2v) is 5.88. The highest BCUT2D eigenvalue weighted by Crippen LogP contribution is 2.17. The Balaban J connectivity index is 2.32. The Labute approximate surface area is 132 Å². The molecular weight excluding hydrogens is 302 g/mol. The van der Waals surface area contributed by atoms with E-state index in [1.54, 1.807) is 13.0 Å². The third-order valence-electron chi connectivity index (χ3n) is 3.27. The Hall–Kier alpha value is -2.02. The van der Waals surface area contributed by atoms with E-state index in [1.807, 2.05) is 19.2 Å². The third kappa shape index (κ3) is 3.59. The largest absolute Gasteiger partial charge is 0.466 e. The standard InChI is InChI=1S/C15H19N3O3S/c1-4-12(15(20)21-5-2)13-6-7-16-18(14(13)19)8-11-9-22-10(3)17-11/h6-7,9,12H,4-5,8H2,1-3H3. The highest BCUT2D eigenvalue weighted by molar-refractivity contribution is 7.09. The Morgan fingerprint density at radius 1 is 1.45 bits per heavy atom. The number of aromatic nitrogens is 3.